The third-order valence-corrected chi connectivity index (χ3v) is 3.15. The Morgan fingerprint density at radius 1 is 0.810 bits per heavy atom. The van der Waals surface area contributed by atoms with E-state index in [4.69, 9.17) is 0 Å². The fourth-order valence-corrected chi connectivity index (χ4v) is 2.00. The molecule has 2 N–H and O–H groups in total. The standard InChI is InChI=1S/C17H19FN2O/c18-16-8-6-15(7-9-16)11-13-20-17(21)19-12-10-14-4-2-1-3-5-14/h1-9H,10-13H2,(H2,19,20,21). The van der Waals surface area contributed by atoms with Crippen LogP contribution in [0.4, 0.5) is 9.18 Å². The van der Waals surface area contributed by atoms with Gasteiger partial charge in [-0.05, 0) is 36.1 Å². The molecule has 2 aromatic carbocycles. The van der Waals surface area contributed by atoms with E-state index in [2.05, 4.69) is 10.6 Å². The molecule has 0 aromatic heterocycles. The molecule has 0 aliphatic rings. The molecule has 0 spiro atoms. The molecule has 2 rings (SSSR count). The normalized spacial score (nSPS) is 10.1. The molecule has 2 aromatic rings. The molecule has 0 radical (unpaired) electrons. The van der Waals surface area contributed by atoms with E-state index in [1.54, 1.807) is 12.1 Å². The molecule has 0 aliphatic carbocycles. The van der Waals surface area contributed by atoms with Gasteiger partial charge in [0.1, 0.15) is 5.82 Å². The summed E-state index contributed by atoms with van der Waals surface area (Å²) in [7, 11) is 0. The Balaban J connectivity index is 1.60. The number of nitrogens with one attached hydrogen (secondary N) is 2. The molecule has 4 heteroatoms. The van der Waals surface area contributed by atoms with Crippen molar-refractivity contribution in [1.82, 2.24) is 10.6 Å². The molecule has 21 heavy (non-hydrogen) atoms. The predicted octanol–water partition coefficient (Wildman–Crippen LogP) is 2.91. The molecule has 0 atom stereocenters. The van der Waals surface area contributed by atoms with Crippen molar-refractivity contribution in [2.45, 2.75) is 12.8 Å². The number of carbonyl (C=O) groups excluding carboxylic acids is 1. The molecule has 0 unspecified atom stereocenters. The van der Waals surface area contributed by atoms with E-state index in [-0.39, 0.29) is 11.8 Å². The van der Waals surface area contributed by atoms with Gasteiger partial charge in [-0.15, -0.1) is 0 Å². The van der Waals surface area contributed by atoms with Gasteiger partial charge in [-0.2, -0.15) is 0 Å². The lowest BCUT2D eigenvalue weighted by Crippen LogP contribution is -2.37. The predicted molar refractivity (Wildman–Crippen MR) is 81.7 cm³/mol. The minimum atomic E-state index is -0.245. The van der Waals surface area contributed by atoms with Gasteiger partial charge in [0.25, 0.3) is 0 Å². The fourth-order valence-electron chi connectivity index (χ4n) is 2.00. The van der Waals surface area contributed by atoms with Gasteiger partial charge in [-0.25, -0.2) is 9.18 Å². The Kier molecular flexibility index (Phi) is 5.76. The Bertz CT molecular complexity index is 555. The maximum Gasteiger partial charge on any atom is 0.314 e. The van der Waals surface area contributed by atoms with Crippen molar-refractivity contribution in [3.63, 3.8) is 0 Å². The van der Waals surface area contributed by atoms with Gasteiger partial charge in [-0.1, -0.05) is 42.5 Å². The van der Waals surface area contributed by atoms with Crippen LogP contribution in [-0.2, 0) is 12.8 Å². The number of urea groups is 1. The summed E-state index contributed by atoms with van der Waals surface area (Å²) in [5.74, 6) is -0.245. The second-order valence-corrected chi connectivity index (χ2v) is 4.79. The first kappa shape index (κ1) is 15.0. The number of carbonyl (C=O) groups is 1. The van der Waals surface area contributed by atoms with Crippen LogP contribution in [0, 0.1) is 5.82 Å². The van der Waals surface area contributed by atoms with E-state index in [1.807, 2.05) is 30.3 Å². The quantitative estimate of drug-likeness (QED) is 0.842. The Morgan fingerprint density at radius 2 is 1.33 bits per heavy atom. The van der Waals surface area contributed by atoms with Gasteiger partial charge < -0.3 is 10.6 Å². The Morgan fingerprint density at radius 3 is 1.90 bits per heavy atom. The van der Waals surface area contributed by atoms with Crippen molar-refractivity contribution in [2.24, 2.45) is 0 Å². The van der Waals surface area contributed by atoms with E-state index in [0.29, 0.717) is 19.5 Å². The molecule has 3 nitrogen and oxygen atoms in total. The van der Waals surface area contributed by atoms with Gasteiger partial charge in [0.15, 0.2) is 0 Å². The zero-order valence-corrected chi connectivity index (χ0v) is 11.8. The molecule has 0 heterocycles. The van der Waals surface area contributed by atoms with Crippen LogP contribution in [0.3, 0.4) is 0 Å². The molecule has 0 bridgehead atoms. The highest BCUT2D eigenvalue weighted by molar-refractivity contribution is 5.73. The molecule has 2 amide bonds. The Hall–Kier alpha value is -2.36. The Labute approximate surface area is 124 Å². The lowest BCUT2D eigenvalue weighted by Gasteiger charge is -2.08. The van der Waals surface area contributed by atoms with E-state index in [1.165, 1.54) is 17.7 Å². The van der Waals surface area contributed by atoms with Gasteiger partial charge in [0, 0.05) is 13.1 Å². The summed E-state index contributed by atoms with van der Waals surface area (Å²) in [6.07, 6.45) is 1.50. The largest absolute Gasteiger partial charge is 0.338 e. The number of benzene rings is 2. The molecular formula is C17H19FN2O. The van der Waals surface area contributed by atoms with Crippen LogP contribution < -0.4 is 10.6 Å². The second-order valence-electron chi connectivity index (χ2n) is 4.79. The lowest BCUT2D eigenvalue weighted by molar-refractivity contribution is 0.241. The van der Waals surface area contributed by atoms with Gasteiger partial charge in [-0.3, -0.25) is 0 Å². The third-order valence-electron chi connectivity index (χ3n) is 3.15. The molecule has 0 aliphatic heterocycles. The van der Waals surface area contributed by atoms with E-state index < -0.39 is 0 Å². The zero-order chi connectivity index (χ0) is 14.9. The van der Waals surface area contributed by atoms with Crippen molar-refractivity contribution < 1.29 is 9.18 Å². The van der Waals surface area contributed by atoms with E-state index in [9.17, 15) is 9.18 Å². The molecule has 0 fully saturated rings. The molecule has 0 saturated heterocycles. The van der Waals surface area contributed by atoms with Crippen LogP contribution in [0.5, 0.6) is 0 Å². The average molecular weight is 286 g/mol. The molecule has 110 valence electrons. The summed E-state index contributed by atoms with van der Waals surface area (Å²) in [6.45, 7) is 1.13. The summed E-state index contributed by atoms with van der Waals surface area (Å²) < 4.78 is 12.7. The number of halogens is 1. The highest BCUT2D eigenvalue weighted by Gasteiger charge is 2.00. The van der Waals surface area contributed by atoms with Crippen LogP contribution >= 0.6 is 0 Å². The van der Waals surface area contributed by atoms with Crippen molar-refractivity contribution in [1.29, 1.82) is 0 Å². The van der Waals surface area contributed by atoms with Crippen LogP contribution in [-0.4, -0.2) is 19.1 Å². The summed E-state index contributed by atoms with van der Waals surface area (Å²) in [6, 6.07) is 16.1. The number of amides is 2. The lowest BCUT2D eigenvalue weighted by atomic mass is 10.1. The second kappa shape index (κ2) is 8.04. The first-order valence-corrected chi connectivity index (χ1v) is 7.04. The minimum Gasteiger partial charge on any atom is -0.338 e. The summed E-state index contributed by atoms with van der Waals surface area (Å²) >= 11 is 0. The van der Waals surface area contributed by atoms with Crippen molar-refractivity contribution in [3.8, 4) is 0 Å². The van der Waals surface area contributed by atoms with Crippen LogP contribution in [0.2, 0.25) is 0 Å². The molecule has 0 saturated carbocycles. The van der Waals surface area contributed by atoms with Crippen molar-refractivity contribution in [2.75, 3.05) is 13.1 Å². The molecular weight excluding hydrogens is 267 g/mol. The first-order valence-electron chi connectivity index (χ1n) is 7.04. The average Bonchev–Trinajstić information content (AvgIpc) is 2.50. The van der Waals surface area contributed by atoms with E-state index in [0.717, 1.165) is 12.0 Å². The smallest absolute Gasteiger partial charge is 0.314 e. The van der Waals surface area contributed by atoms with Crippen LogP contribution in [0.15, 0.2) is 54.6 Å². The zero-order valence-electron chi connectivity index (χ0n) is 11.8. The van der Waals surface area contributed by atoms with Gasteiger partial charge >= 0.3 is 6.03 Å². The minimum absolute atomic E-state index is 0.173. The fraction of sp³-hybridized carbons (Fsp3) is 0.235. The van der Waals surface area contributed by atoms with Crippen LogP contribution in [0.25, 0.3) is 0 Å². The van der Waals surface area contributed by atoms with Crippen molar-refractivity contribution >= 4 is 6.03 Å². The van der Waals surface area contributed by atoms with Gasteiger partial charge in [0.2, 0.25) is 0 Å². The topological polar surface area (TPSA) is 41.1 Å². The van der Waals surface area contributed by atoms with Crippen molar-refractivity contribution in [3.05, 3.63) is 71.5 Å². The van der Waals surface area contributed by atoms with E-state index >= 15 is 0 Å². The highest BCUT2D eigenvalue weighted by atomic mass is 19.1. The maximum absolute atomic E-state index is 12.7. The number of rotatable bonds is 6. The monoisotopic (exact) mass is 286 g/mol. The van der Waals surface area contributed by atoms with Crippen LogP contribution in [0.1, 0.15) is 11.1 Å². The first-order chi connectivity index (χ1) is 10.2. The maximum atomic E-state index is 12.7. The highest BCUT2D eigenvalue weighted by Crippen LogP contribution is 2.02. The summed E-state index contributed by atoms with van der Waals surface area (Å²) in [4.78, 5) is 11.6. The summed E-state index contributed by atoms with van der Waals surface area (Å²) in [5.41, 5.74) is 2.20. The number of hydrogen-bond acceptors (Lipinski definition) is 1. The summed E-state index contributed by atoms with van der Waals surface area (Å²) in [5, 5.41) is 5.60. The third kappa shape index (κ3) is 5.65. The number of hydrogen-bond donors (Lipinski definition) is 2. The van der Waals surface area contributed by atoms with Gasteiger partial charge in [0.05, 0.1) is 0 Å². The SMILES string of the molecule is O=C(NCCc1ccccc1)NCCc1ccc(F)cc1.